The molecule has 2 heterocycles. The molecule has 0 spiro atoms. The van der Waals surface area contributed by atoms with Crippen LogP contribution in [0.3, 0.4) is 0 Å². The highest BCUT2D eigenvalue weighted by Gasteiger charge is 2.10. The van der Waals surface area contributed by atoms with E-state index in [0.29, 0.717) is 15.7 Å². The lowest BCUT2D eigenvalue weighted by Gasteiger charge is -2.06. The molecule has 3 rings (SSSR count). The van der Waals surface area contributed by atoms with Crippen LogP contribution in [0.5, 0.6) is 0 Å². The number of nitriles is 1. The molecule has 1 aromatic carbocycles. The quantitative estimate of drug-likeness (QED) is 0.368. The Hall–Kier alpha value is -3.34. The lowest BCUT2D eigenvalue weighted by molar-refractivity contribution is -0.115. The summed E-state index contributed by atoms with van der Waals surface area (Å²) in [5, 5.41) is 13.1. The summed E-state index contributed by atoms with van der Waals surface area (Å²) in [5.74, 6) is -0.372. The molecule has 0 aliphatic carbocycles. The van der Waals surface area contributed by atoms with E-state index < -0.39 is 5.91 Å². The van der Waals surface area contributed by atoms with Crippen LogP contribution >= 0.6 is 23.2 Å². The molecule has 28 heavy (non-hydrogen) atoms. The molecule has 0 saturated carbocycles. The number of hydrogen-bond acceptors (Lipinski definition) is 5. The van der Waals surface area contributed by atoms with Gasteiger partial charge in [0.15, 0.2) is 5.76 Å². The Morgan fingerprint density at radius 1 is 1.25 bits per heavy atom. The van der Waals surface area contributed by atoms with Gasteiger partial charge in [-0.05, 0) is 30.4 Å². The summed E-state index contributed by atoms with van der Waals surface area (Å²) >= 11 is 12.0. The van der Waals surface area contributed by atoms with Crippen LogP contribution in [0, 0.1) is 11.3 Å². The molecule has 0 unspecified atom stereocenters. The number of nitrogens with one attached hydrogen (secondary N) is 2. The first-order chi connectivity index (χ1) is 13.5. The molecular weight excluding hydrogens is 401 g/mol. The van der Waals surface area contributed by atoms with Gasteiger partial charge in [-0.3, -0.25) is 4.79 Å². The number of H-pyrrole nitrogens is 1. The fourth-order valence-corrected chi connectivity index (χ4v) is 2.69. The molecule has 0 radical (unpaired) electrons. The fourth-order valence-electron chi connectivity index (χ4n) is 2.36. The SMILES string of the molecule is COC(=CC=Cc1cc2cc(Cl)c(Cl)cc2[nH]1)C(=O)Nc1cnc(C#N)nc1. The average Bonchev–Trinajstić information content (AvgIpc) is 3.07. The minimum atomic E-state index is -0.476. The van der Waals surface area contributed by atoms with Gasteiger partial charge in [0.1, 0.15) is 6.07 Å². The van der Waals surface area contributed by atoms with E-state index in [9.17, 15) is 4.79 Å². The number of hydrogen-bond donors (Lipinski definition) is 2. The normalized spacial score (nSPS) is 11.6. The van der Waals surface area contributed by atoms with Gasteiger partial charge in [0, 0.05) is 16.6 Å². The van der Waals surface area contributed by atoms with Crippen LogP contribution in [0.2, 0.25) is 10.0 Å². The topological polar surface area (TPSA) is 104 Å². The summed E-state index contributed by atoms with van der Waals surface area (Å²) in [7, 11) is 1.39. The summed E-state index contributed by atoms with van der Waals surface area (Å²) in [6.07, 6.45) is 7.65. The van der Waals surface area contributed by atoms with Gasteiger partial charge in [0.25, 0.3) is 5.91 Å². The summed E-state index contributed by atoms with van der Waals surface area (Å²) in [5.41, 5.74) is 2.00. The molecule has 0 aliphatic rings. The third-order valence-electron chi connectivity index (χ3n) is 3.66. The largest absolute Gasteiger partial charge is 0.491 e. The van der Waals surface area contributed by atoms with Gasteiger partial charge in [-0.2, -0.15) is 5.26 Å². The van der Waals surface area contributed by atoms with E-state index in [0.717, 1.165) is 16.6 Å². The van der Waals surface area contributed by atoms with Crippen molar-refractivity contribution < 1.29 is 9.53 Å². The van der Waals surface area contributed by atoms with E-state index in [1.165, 1.54) is 25.6 Å². The minimum absolute atomic E-state index is 0.0179. The number of carbonyl (C=O) groups is 1. The van der Waals surface area contributed by atoms with Crippen molar-refractivity contribution in [3.63, 3.8) is 0 Å². The Bertz CT molecular complexity index is 1090. The Morgan fingerprint density at radius 3 is 2.64 bits per heavy atom. The summed E-state index contributed by atoms with van der Waals surface area (Å²) in [4.78, 5) is 23.0. The maximum Gasteiger partial charge on any atom is 0.290 e. The number of ether oxygens (including phenoxy) is 1. The minimum Gasteiger partial charge on any atom is -0.491 e. The summed E-state index contributed by atoms with van der Waals surface area (Å²) in [6, 6.07) is 7.23. The Labute approximate surface area is 170 Å². The first-order valence-electron chi connectivity index (χ1n) is 7.94. The van der Waals surface area contributed by atoms with Gasteiger partial charge < -0.3 is 15.0 Å². The van der Waals surface area contributed by atoms with Gasteiger partial charge in [-0.1, -0.05) is 29.3 Å². The van der Waals surface area contributed by atoms with Crippen LogP contribution in [0.25, 0.3) is 17.0 Å². The van der Waals surface area contributed by atoms with Crippen molar-refractivity contribution in [1.82, 2.24) is 15.0 Å². The van der Waals surface area contributed by atoms with E-state index >= 15 is 0 Å². The highest BCUT2D eigenvalue weighted by Crippen LogP contribution is 2.28. The number of allylic oxidation sites excluding steroid dienone is 2. The first-order valence-corrected chi connectivity index (χ1v) is 8.69. The molecule has 7 nitrogen and oxygen atoms in total. The number of halogens is 2. The molecule has 1 amide bonds. The maximum absolute atomic E-state index is 12.3. The molecule has 0 bridgehead atoms. The number of rotatable bonds is 5. The number of aromatic amines is 1. The second kappa shape index (κ2) is 8.57. The number of nitrogens with zero attached hydrogens (tertiary/aromatic N) is 3. The molecule has 3 aromatic rings. The highest BCUT2D eigenvalue weighted by atomic mass is 35.5. The zero-order valence-electron chi connectivity index (χ0n) is 14.5. The third-order valence-corrected chi connectivity index (χ3v) is 4.38. The zero-order valence-corrected chi connectivity index (χ0v) is 16.0. The zero-order chi connectivity index (χ0) is 20.1. The van der Waals surface area contributed by atoms with E-state index in [2.05, 4.69) is 20.3 Å². The Balaban J connectivity index is 1.73. The van der Waals surface area contributed by atoms with Gasteiger partial charge >= 0.3 is 0 Å². The van der Waals surface area contributed by atoms with E-state index in [1.807, 2.05) is 6.07 Å². The van der Waals surface area contributed by atoms with Crippen molar-refractivity contribution in [2.45, 2.75) is 0 Å². The average molecular weight is 414 g/mol. The first kappa shape index (κ1) is 19.4. The molecular formula is C19H13Cl2N5O2. The van der Waals surface area contributed by atoms with Gasteiger partial charge in [0.2, 0.25) is 5.82 Å². The van der Waals surface area contributed by atoms with Crippen molar-refractivity contribution in [2.75, 3.05) is 12.4 Å². The Morgan fingerprint density at radius 2 is 1.96 bits per heavy atom. The standard InChI is InChI=1S/C19H13Cl2N5O2/c1-28-17(19(27)26-13-9-23-18(8-22)24-10-13)4-2-3-12-5-11-6-14(20)15(21)7-16(11)25-12/h2-7,9-10,25H,1H3,(H,26,27). The second-order valence-electron chi connectivity index (χ2n) is 5.53. The van der Waals surface area contributed by atoms with E-state index in [4.69, 9.17) is 33.2 Å². The molecule has 9 heteroatoms. The number of amides is 1. The number of anilines is 1. The van der Waals surface area contributed by atoms with Crippen molar-refractivity contribution >= 4 is 51.8 Å². The third kappa shape index (κ3) is 4.49. The smallest absolute Gasteiger partial charge is 0.290 e. The number of carbonyl (C=O) groups excluding carboxylic acids is 1. The van der Waals surface area contributed by atoms with Crippen molar-refractivity contribution in [3.8, 4) is 6.07 Å². The highest BCUT2D eigenvalue weighted by molar-refractivity contribution is 6.42. The van der Waals surface area contributed by atoms with Crippen molar-refractivity contribution in [1.29, 1.82) is 5.26 Å². The Kier molecular flexibility index (Phi) is 5.94. The van der Waals surface area contributed by atoms with Crippen LogP contribution in [0.15, 0.2) is 48.5 Å². The van der Waals surface area contributed by atoms with Crippen LogP contribution < -0.4 is 5.32 Å². The number of fused-ring (bicyclic) bond motifs is 1. The van der Waals surface area contributed by atoms with Gasteiger partial charge in [-0.15, -0.1) is 0 Å². The van der Waals surface area contributed by atoms with E-state index in [-0.39, 0.29) is 11.6 Å². The molecule has 0 aliphatic heterocycles. The van der Waals surface area contributed by atoms with Crippen LogP contribution in [-0.2, 0) is 9.53 Å². The predicted molar refractivity (Wildman–Crippen MR) is 108 cm³/mol. The summed E-state index contributed by atoms with van der Waals surface area (Å²) < 4.78 is 5.12. The van der Waals surface area contributed by atoms with Crippen LogP contribution in [0.4, 0.5) is 5.69 Å². The van der Waals surface area contributed by atoms with Gasteiger partial charge in [0.05, 0.1) is 35.2 Å². The molecule has 2 N–H and O–H groups in total. The predicted octanol–water partition coefficient (Wildman–Crippen LogP) is 4.32. The van der Waals surface area contributed by atoms with Crippen molar-refractivity contribution in [2.24, 2.45) is 0 Å². The van der Waals surface area contributed by atoms with E-state index in [1.54, 1.807) is 30.4 Å². The molecule has 0 fully saturated rings. The number of methoxy groups -OCH3 is 1. The van der Waals surface area contributed by atoms with Crippen LogP contribution in [0.1, 0.15) is 11.5 Å². The molecule has 0 saturated heterocycles. The maximum atomic E-state index is 12.3. The van der Waals surface area contributed by atoms with Crippen LogP contribution in [-0.4, -0.2) is 28.0 Å². The number of aromatic nitrogens is 3. The van der Waals surface area contributed by atoms with Gasteiger partial charge in [-0.25, -0.2) is 9.97 Å². The lowest BCUT2D eigenvalue weighted by atomic mass is 10.2. The lowest BCUT2D eigenvalue weighted by Crippen LogP contribution is -2.16. The van der Waals surface area contributed by atoms with Crippen molar-refractivity contribution in [3.05, 3.63) is 70.1 Å². The molecule has 2 aromatic heterocycles. The number of benzene rings is 1. The summed E-state index contributed by atoms with van der Waals surface area (Å²) in [6.45, 7) is 0. The molecule has 0 atom stereocenters. The molecule has 140 valence electrons. The monoisotopic (exact) mass is 413 g/mol. The fraction of sp³-hybridized carbons (Fsp3) is 0.0526. The second-order valence-corrected chi connectivity index (χ2v) is 6.35.